The van der Waals surface area contributed by atoms with Crippen molar-refractivity contribution >= 4 is 28.4 Å². The van der Waals surface area contributed by atoms with Crippen molar-refractivity contribution in [2.75, 3.05) is 23.7 Å². The van der Waals surface area contributed by atoms with Crippen molar-refractivity contribution in [3.05, 3.63) is 36.4 Å². The fourth-order valence-corrected chi connectivity index (χ4v) is 2.16. The van der Waals surface area contributed by atoms with E-state index in [-0.39, 0.29) is 24.5 Å². The molecule has 0 bridgehead atoms. The standard InChI is InChI=1S/C14H20N5O6/c1-3-5-7-15-12-10(17(20)21)9-11(18(22)23)13(14(12)19(24)25)16-8-6-4-2/h15-16H,3-8H2,1-2H3/q-1. The van der Waals surface area contributed by atoms with Gasteiger partial charge in [0.1, 0.15) is 0 Å². The molecule has 11 nitrogen and oxygen atoms in total. The third-order valence-electron chi connectivity index (χ3n) is 3.40. The SMILES string of the molecule is CCCCNc1c([N+](=O)[O-])[c-]c([N+](=O)[O-])c(NCCCC)c1[N+](=O)[O-]. The number of hydrogen-bond donors (Lipinski definition) is 2. The summed E-state index contributed by atoms with van der Waals surface area (Å²) in [5.74, 6) is 0. The molecule has 0 aliphatic heterocycles. The van der Waals surface area contributed by atoms with Crippen molar-refractivity contribution in [2.24, 2.45) is 0 Å². The predicted molar refractivity (Wildman–Crippen MR) is 92.0 cm³/mol. The first-order chi connectivity index (χ1) is 11.8. The maximum atomic E-state index is 11.5. The van der Waals surface area contributed by atoms with E-state index in [1.807, 2.05) is 13.8 Å². The van der Waals surface area contributed by atoms with Gasteiger partial charge in [0, 0.05) is 27.9 Å². The van der Waals surface area contributed by atoms with Gasteiger partial charge in [0.25, 0.3) is 0 Å². The molecule has 0 aromatic heterocycles. The molecule has 0 unspecified atom stereocenters. The van der Waals surface area contributed by atoms with Gasteiger partial charge in [0.15, 0.2) is 11.4 Å². The van der Waals surface area contributed by atoms with Crippen LogP contribution in [0.2, 0.25) is 0 Å². The van der Waals surface area contributed by atoms with Gasteiger partial charge < -0.3 is 10.6 Å². The van der Waals surface area contributed by atoms with Crippen LogP contribution in [0.25, 0.3) is 0 Å². The van der Waals surface area contributed by atoms with Crippen LogP contribution in [-0.4, -0.2) is 27.9 Å². The number of unbranched alkanes of at least 4 members (excludes halogenated alkanes) is 2. The molecule has 11 heteroatoms. The van der Waals surface area contributed by atoms with Crippen molar-refractivity contribution < 1.29 is 14.8 Å². The minimum atomic E-state index is -0.913. The van der Waals surface area contributed by atoms with E-state index < -0.39 is 31.8 Å². The molecule has 2 N–H and O–H groups in total. The lowest BCUT2D eigenvalue weighted by Crippen LogP contribution is -2.12. The Hall–Kier alpha value is -2.98. The van der Waals surface area contributed by atoms with Crippen molar-refractivity contribution in [2.45, 2.75) is 39.5 Å². The Morgan fingerprint density at radius 2 is 1.20 bits per heavy atom. The molecule has 1 aromatic rings. The Morgan fingerprint density at radius 1 is 0.800 bits per heavy atom. The van der Waals surface area contributed by atoms with Crippen LogP contribution in [0.4, 0.5) is 28.4 Å². The molecule has 1 rings (SSSR count). The number of nitro groups is 3. The fourth-order valence-electron chi connectivity index (χ4n) is 2.16. The molecule has 0 aliphatic carbocycles. The lowest BCUT2D eigenvalue weighted by Gasteiger charge is -2.19. The number of nitro benzene ring substituents is 3. The van der Waals surface area contributed by atoms with Crippen LogP contribution in [0, 0.1) is 36.4 Å². The zero-order valence-electron chi connectivity index (χ0n) is 14.0. The molecular formula is C14H20N5O6-. The van der Waals surface area contributed by atoms with E-state index in [9.17, 15) is 30.3 Å². The summed E-state index contributed by atoms with van der Waals surface area (Å²) in [5, 5.41) is 39.3. The fraction of sp³-hybridized carbons (Fsp3) is 0.571. The molecule has 1 aromatic carbocycles. The van der Waals surface area contributed by atoms with Gasteiger partial charge in [-0.2, -0.15) is 0 Å². The molecular weight excluding hydrogens is 334 g/mol. The van der Waals surface area contributed by atoms with E-state index in [2.05, 4.69) is 16.7 Å². The maximum Gasteiger partial charge on any atom is 0.224 e. The normalized spacial score (nSPS) is 10.3. The number of hydrogen-bond acceptors (Lipinski definition) is 8. The molecule has 0 aliphatic rings. The first kappa shape index (κ1) is 20.1. The summed E-state index contributed by atoms with van der Waals surface area (Å²) in [7, 11) is 0. The number of nitrogens with zero attached hydrogens (tertiary/aromatic N) is 3. The van der Waals surface area contributed by atoms with Gasteiger partial charge in [-0.3, -0.25) is 30.3 Å². The van der Waals surface area contributed by atoms with Gasteiger partial charge in [-0.25, -0.2) is 0 Å². The largest absolute Gasteiger partial charge is 0.426 e. The van der Waals surface area contributed by atoms with E-state index >= 15 is 0 Å². The molecule has 0 fully saturated rings. The molecule has 0 atom stereocenters. The Kier molecular flexibility index (Phi) is 7.50. The lowest BCUT2D eigenvalue weighted by molar-refractivity contribution is -0.401. The first-order valence-electron chi connectivity index (χ1n) is 7.89. The Labute approximate surface area is 143 Å². The quantitative estimate of drug-likeness (QED) is 0.264. The third-order valence-corrected chi connectivity index (χ3v) is 3.40. The second-order valence-electron chi connectivity index (χ2n) is 5.25. The maximum absolute atomic E-state index is 11.5. The van der Waals surface area contributed by atoms with Gasteiger partial charge in [0.2, 0.25) is 5.69 Å². The summed E-state index contributed by atoms with van der Waals surface area (Å²) in [5.41, 5.74) is -3.06. The number of benzene rings is 1. The summed E-state index contributed by atoms with van der Waals surface area (Å²) in [6.45, 7) is 4.31. The smallest absolute Gasteiger partial charge is 0.224 e. The lowest BCUT2D eigenvalue weighted by atomic mass is 10.1. The minimum Gasteiger partial charge on any atom is -0.426 e. The highest BCUT2D eigenvalue weighted by molar-refractivity contribution is 5.89. The third kappa shape index (κ3) is 4.99. The van der Waals surface area contributed by atoms with Crippen LogP contribution in [0.3, 0.4) is 0 Å². The topological polar surface area (TPSA) is 153 Å². The highest BCUT2D eigenvalue weighted by Gasteiger charge is 2.27. The summed E-state index contributed by atoms with van der Waals surface area (Å²) in [4.78, 5) is 31.3. The average molecular weight is 354 g/mol. The van der Waals surface area contributed by atoms with Crippen LogP contribution in [0.5, 0.6) is 0 Å². The Morgan fingerprint density at radius 3 is 1.48 bits per heavy atom. The van der Waals surface area contributed by atoms with E-state index in [0.29, 0.717) is 12.8 Å². The molecule has 138 valence electrons. The number of anilines is 2. The first-order valence-corrected chi connectivity index (χ1v) is 7.89. The zero-order valence-corrected chi connectivity index (χ0v) is 14.0. The van der Waals surface area contributed by atoms with Crippen LogP contribution in [-0.2, 0) is 0 Å². The van der Waals surface area contributed by atoms with Crippen molar-refractivity contribution in [1.82, 2.24) is 0 Å². The second kappa shape index (κ2) is 9.35. The highest BCUT2D eigenvalue weighted by atomic mass is 16.6. The van der Waals surface area contributed by atoms with Gasteiger partial charge >= 0.3 is 0 Å². The van der Waals surface area contributed by atoms with E-state index in [4.69, 9.17) is 0 Å². The van der Waals surface area contributed by atoms with Crippen molar-refractivity contribution in [1.29, 1.82) is 0 Å². The number of rotatable bonds is 11. The molecule has 0 saturated heterocycles. The molecule has 0 spiro atoms. The van der Waals surface area contributed by atoms with E-state index in [0.717, 1.165) is 12.8 Å². The van der Waals surface area contributed by atoms with Gasteiger partial charge in [-0.15, -0.1) is 0 Å². The molecule has 25 heavy (non-hydrogen) atoms. The number of nitrogens with one attached hydrogen (secondary N) is 2. The molecule has 0 heterocycles. The van der Waals surface area contributed by atoms with Crippen LogP contribution >= 0.6 is 0 Å². The van der Waals surface area contributed by atoms with Crippen LogP contribution in [0.15, 0.2) is 0 Å². The Bertz CT molecular complexity index is 617. The molecule has 0 radical (unpaired) electrons. The highest BCUT2D eigenvalue weighted by Crippen LogP contribution is 2.45. The van der Waals surface area contributed by atoms with Crippen molar-refractivity contribution in [3.8, 4) is 0 Å². The monoisotopic (exact) mass is 354 g/mol. The second-order valence-corrected chi connectivity index (χ2v) is 5.25. The Balaban J connectivity index is 3.58. The van der Waals surface area contributed by atoms with E-state index in [1.165, 1.54) is 0 Å². The van der Waals surface area contributed by atoms with Crippen molar-refractivity contribution in [3.63, 3.8) is 0 Å². The molecule has 0 amide bonds. The van der Waals surface area contributed by atoms with Gasteiger partial charge in [-0.1, -0.05) is 26.7 Å². The predicted octanol–water partition coefficient (Wildman–Crippen LogP) is 3.64. The molecule has 0 saturated carbocycles. The van der Waals surface area contributed by atoms with E-state index in [1.54, 1.807) is 0 Å². The zero-order chi connectivity index (χ0) is 19.0. The van der Waals surface area contributed by atoms with Gasteiger partial charge in [-0.05, 0) is 18.9 Å². The summed E-state index contributed by atoms with van der Waals surface area (Å²) in [6, 6.07) is 2.10. The van der Waals surface area contributed by atoms with Crippen LogP contribution in [0.1, 0.15) is 39.5 Å². The summed E-state index contributed by atoms with van der Waals surface area (Å²) >= 11 is 0. The summed E-state index contributed by atoms with van der Waals surface area (Å²) < 4.78 is 0. The summed E-state index contributed by atoms with van der Waals surface area (Å²) in [6.07, 6.45) is 2.80. The van der Waals surface area contributed by atoms with Crippen LogP contribution < -0.4 is 10.6 Å². The minimum absolute atomic E-state index is 0.262. The van der Waals surface area contributed by atoms with Gasteiger partial charge in [0.05, 0.1) is 11.4 Å². The average Bonchev–Trinajstić information content (AvgIpc) is 2.54.